The first kappa shape index (κ1) is 16.7. The lowest BCUT2D eigenvalue weighted by atomic mass is 10.2. The summed E-state index contributed by atoms with van der Waals surface area (Å²) in [5.41, 5.74) is 1.23. The molecule has 0 saturated carbocycles. The molecular weight excluding hydrogens is 367 g/mol. The average molecular weight is 377 g/mol. The van der Waals surface area contributed by atoms with Gasteiger partial charge in [-0.1, -0.05) is 28.1 Å². The van der Waals surface area contributed by atoms with Crippen LogP contribution >= 0.6 is 15.9 Å². The molecule has 1 heterocycles. The molecule has 1 aromatic heterocycles. The number of fused-ring (bicyclic) bond motifs is 1. The number of aromatic nitrogens is 2. The van der Waals surface area contributed by atoms with Gasteiger partial charge in [-0.2, -0.15) is 9.59 Å². The molecule has 0 N–H and O–H groups in total. The molecule has 0 amide bonds. The van der Waals surface area contributed by atoms with E-state index in [-0.39, 0.29) is 17.5 Å². The lowest BCUT2D eigenvalue weighted by Crippen LogP contribution is -2.21. The number of carbonyl (C=O) groups excluding carboxylic acids is 2. The van der Waals surface area contributed by atoms with Crippen molar-refractivity contribution in [2.45, 2.75) is 6.54 Å². The lowest BCUT2D eigenvalue weighted by Gasteiger charge is -2.07. The highest BCUT2D eigenvalue weighted by molar-refractivity contribution is 9.10. The molecule has 0 aliphatic heterocycles. The van der Waals surface area contributed by atoms with Crippen LogP contribution in [0.3, 0.4) is 0 Å². The predicted molar refractivity (Wildman–Crippen MR) is 84.2 cm³/mol. The maximum Gasteiger partial charge on any atom is 0.373 e. The van der Waals surface area contributed by atoms with E-state index in [4.69, 9.17) is 9.59 Å². The van der Waals surface area contributed by atoms with Crippen molar-refractivity contribution >= 4 is 33.0 Å². The third kappa shape index (κ3) is 4.18. The number of halogens is 2. The Balaban J connectivity index is 0.000000595. The Bertz CT molecular complexity index is 934. The van der Waals surface area contributed by atoms with Gasteiger partial charge in [-0.15, -0.1) is 0 Å². The van der Waals surface area contributed by atoms with E-state index in [1.54, 1.807) is 24.3 Å². The Morgan fingerprint density at radius 3 is 2.61 bits per heavy atom. The van der Waals surface area contributed by atoms with Crippen molar-refractivity contribution in [3.8, 4) is 0 Å². The van der Waals surface area contributed by atoms with Gasteiger partial charge in [0.25, 0.3) is 5.56 Å². The molecule has 0 aliphatic rings. The summed E-state index contributed by atoms with van der Waals surface area (Å²) in [5, 5.41) is 0.540. The highest BCUT2D eigenvalue weighted by Gasteiger charge is 2.05. The number of benzene rings is 2. The van der Waals surface area contributed by atoms with Crippen LogP contribution in [0.5, 0.6) is 0 Å². The largest absolute Gasteiger partial charge is 0.373 e. The van der Waals surface area contributed by atoms with Gasteiger partial charge in [0.15, 0.2) is 0 Å². The van der Waals surface area contributed by atoms with E-state index < -0.39 is 0 Å². The first-order valence-electron chi connectivity index (χ1n) is 6.43. The van der Waals surface area contributed by atoms with E-state index in [0.717, 1.165) is 10.0 Å². The van der Waals surface area contributed by atoms with E-state index in [0.29, 0.717) is 17.4 Å². The maximum absolute atomic E-state index is 13.2. The normalized spacial score (nSPS) is 9.83. The SMILES string of the molecule is O=C=O.O=c1c2cc(Br)ccc2ncn1Cc1cccc(F)c1. The average Bonchev–Trinajstić information content (AvgIpc) is 2.51. The lowest BCUT2D eigenvalue weighted by molar-refractivity contribution is -0.191. The van der Waals surface area contributed by atoms with Crippen molar-refractivity contribution in [2.24, 2.45) is 0 Å². The molecule has 0 radical (unpaired) electrons. The molecule has 0 bridgehead atoms. The molecular formula is C16H10BrFN2O3. The summed E-state index contributed by atoms with van der Waals surface area (Å²) < 4.78 is 15.5. The molecule has 0 unspecified atom stereocenters. The highest BCUT2D eigenvalue weighted by atomic mass is 79.9. The Morgan fingerprint density at radius 2 is 1.91 bits per heavy atom. The quantitative estimate of drug-likeness (QED) is 0.689. The van der Waals surface area contributed by atoms with Crippen LogP contribution in [0.15, 0.2) is 58.1 Å². The molecule has 116 valence electrons. The van der Waals surface area contributed by atoms with Crippen LogP contribution in [0.25, 0.3) is 10.9 Å². The first-order valence-corrected chi connectivity index (χ1v) is 7.23. The fourth-order valence-corrected chi connectivity index (χ4v) is 2.44. The summed E-state index contributed by atoms with van der Waals surface area (Å²) in [6, 6.07) is 11.6. The van der Waals surface area contributed by atoms with Gasteiger partial charge in [0.2, 0.25) is 0 Å². The number of hydrogen-bond donors (Lipinski definition) is 0. The van der Waals surface area contributed by atoms with Gasteiger partial charge in [-0.25, -0.2) is 9.37 Å². The van der Waals surface area contributed by atoms with Gasteiger partial charge in [0.1, 0.15) is 5.82 Å². The van der Waals surface area contributed by atoms with Crippen LogP contribution < -0.4 is 5.56 Å². The van der Waals surface area contributed by atoms with Crippen molar-refractivity contribution in [3.05, 3.63) is 75.0 Å². The molecule has 3 aromatic rings. The Hall–Kier alpha value is -2.63. The van der Waals surface area contributed by atoms with E-state index in [9.17, 15) is 9.18 Å². The fraction of sp³-hybridized carbons (Fsp3) is 0.0625. The van der Waals surface area contributed by atoms with Gasteiger partial charge < -0.3 is 0 Å². The van der Waals surface area contributed by atoms with E-state index in [1.165, 1.54) is 23.0 Å². The number of hydrogen-bond acceptors (Lipinski definition) is 4. The van der Waals surface area contributed by atoms with Crippen LogP contribution in [-0.4, -0.2) is 15.7 Å². The minimum absolute atomic E-state index is 0.138. The van der Waals surface area contributed by atoms with E-state index >= 15 is 0 Å². The van der Waals surface area contributed by atoms with Gasteiger partial charge in [0, 0.05) is 4.47 Å². The number of nitrogens with zero attached hydrogens (tertiary/aromatic N) is 2. The Kier molecular flexibility index (Phi) is 5.51. The summed E-state index contributed by atoms with van der Waals surface area (Å²) in [6.45, 7) is 0.298. The zero-order valence-electron chi connectivity index (χ0n) is 11.7. The highest BCUT2D eigenvalue weighted by Crippen LogP contribution is 2.15. The second kappa shape index (κ2) is 7.58. The van der Waals surface area contributed by atoms with Gasteiger partial charge in [-0.05, 0) is 35.9 Å². The second-order valence-corrected chi connectivity index (χ2v) is 5.47. The van der Waals surface area contributed by atoms with Crippen molar-refractivity contribution < 1.29 is 14.0 Å². The van der Waals surface area contributed by atoms with Gasteiger partial charge in [-0.3, -0.25) is 9.36 Å². The monoisotopic (exact) mass is 376 g/mol. The topological polar surface area (TPSA) is 69.0 Å². The zero-order chi connectivity index (χ0) is 16.8. The van der Waals surface area contributed by atoms with Crippen LogP contribution in [-0.2, 0) is 16.1 Å². The zero-order valence-corrected chi connectivity index (χ0v) is 13.3. The first-order chi connectivity index (χ1) is 11.0. The summed E-state index contributed by atoms with van der Waals surface area (Å²) in [5.74, 6) is -0.313. The number of rotatable bonds is 2. The van der Waals surface area contributed by atoms with Crippen LogP contribution in [0, 0.1) is 5.82 Å². The minimum Gasteiger partial charge on any atom is -0.294 e. The van der Waals surface area contributed by atoms with Crippen LogP contribution in [0.1, 0.15) is 5.56 Å². The van der Waals surface area contributed by atoms with Gasteiger partial charge in [0.05, 0.1) is 23.8 Å². The molecule has 3 rings (SSSR count). The smallest absolute Gasteiger partial charge is 0.294 e. The van der Waals surface area contributed by atoms with E-state index in [1.807, 2.05) is 6.07 Å². The maximum atomic E-state index is 13.2. The van der Waals surface area contributed by atoms with Crippen molar-refractivity contribution in [3.63, 3.8) is 0 Å². The van der Waals surface area contributed by atoms with Crippen molar-refractivity contribution in [1.82, 2.24) is 9.55 Å². The molecule has 0 atom stereocenters. The fourth-order valence-electron chi connectivity index (χ4n) is 2.08. The molecule has 0 fully saturated rings. The Labute approximate surface area is 138 Å². The molecule has 0 saturated heterocycles. The van der Waals surface area contributed by atoms with Crippen LogP contribution in [0.2, 0.25) is 0 Å². The predicted octanol–water partition coefficient (Wildman–Crippen LogP) is 2.76. The van der Waals surface area contributed by atoms with E-state index in [2.05, 4.69) is 20.9 Å². The minimum atomic E-state index is -0.313. The molecule has 23 heavy (non-hydrogen) atoms. The molecule has 0 spiro atoms. The summed E-state index contributed by atoms with van der Waals surface area (Å²) >= 11 is 3.34. The summed E-state index contributed by atoms with van der Waals surface area (Å²) in [7, 11) is 0. The third-order valence-corrected chi connectivity index (χ3v) is 3.52. The molecule has 7 heteroatoms. The summed E-state index contributed by atoms with van der Waals surface area (Å²) in [4.78, 5) is 32.9. The van der Waals surface area contributed by atoms with Gasteiger partial charge >= 0.3 is 6.15 Å². The second-order valence-electron chi connectivity index (χ2n) is 4.55. The molecule has 2 aromatic carbocycles. The standard InChI is InChI=1S/C15H10BrFN2O.CO2/c16-11-4-5-14-13(7-11)15(20)19(9-18-14)8-10-2-1-3-12(17)6-10;2-1-3/h1-7,9H,8H2;. The van der Waals surface area contributed by atoms with Crippen molar-refractivity contribution in [2.75, 3.05) is 0 Å². The molecule has 5 nitrogen and oxygen atoms in total. The third-order valence-electron chi connectivity index (χ3n) is 3.03. The molecule has 0 aliphatic carbocycles. The van der Waals surface area contributed by atoms with Crippen molar-refractivity contribution in [1.29, 1.82) is 0 Å². The summed E-state index contributed by atoms with van der Waals surface area (Å²) in [6.07, 6.45) is 1.74. The Morgan fingerprint density at radius 1 is 1.17 bits per heavy atom. The van der Waals surface area contributed by atoms with Crippen LogP contribution in [0.4, 0.5) is 4.39 Å².